The van der Waals surface area contributed by atoms with E-state index >= 15 is 0 Å². The van der Waals surface area contributed by atoms with Gasteiger partial charge in [0.25, 0.3) is 0 Å². The lowest BCUT2D eigenvalue weighted by Gasteiger charge is -2.14. The van der Waals surface area contributed by atoms with Gasteiger partial charge in [0, 0.05) is 12.1 Å². The number of rotatable bonds is 11. The molecule has 1 aromatic heterocycles. The third-order valence-corrected chi connectivity index (χ3v) is 4.87. The first-order valence-electron chi connectivity index (χ1n) is 10.2. The number of alkyl halides is 3. The molecule has 0 aliphatic rings. The summed E-state index contributed by atoms with van der Waals surface area (Å²) in [7, 11) is 3.17. The van der Waals surface area contributed by atoms with Crippen LogP contribution in [0.1, 0.15) is 11.3 Å². The number of hydrogen-bond acceptors (Lipinski definition) is 6. The molecule has 1 unspecified atom stereocenters. The number of aliphatic hydroxyl groups is 1. The molecule has 178 valence electrons. The van der Waals surface area contributed by atoms with Gasteiger partial charge in [0.05, 0.1) is 20.4 Å². The Bertz CT molecular complexity index is 1020. The van der Waals surface area contributed by atoms with Crippen LogP contribution in [0.3, 0.4) is 0 Å². The van der Waals surface area contributed by atoms with Crippen LogP contribution in [0.4, 0.5) is 13.2 Å². The molecule has 0 radical (unpaired) electrons. The number of aromatic amines is 1. The summed E-state index contributed by atoms with van der Waals surface area (Å²) in [6.07, 6.45) is -3.69. The topological polar surface area (TPSA) is 88.6 Å². The molecule has 0 spiro atoms. The number of methoxy groups -OCH3 is 2. The summed E-state index contributed by atoms with van der Waals surface area (Å²) >= 11 is 0. The highest BCUT2D eigenvalue weighted by molar-refractivity contribution is 5.56. The largest absolute Gasteiger partial charge is 0.493 e. The molecule has 0 aliphatic carbocycles. The number of halogens is 3. The number of ether oxygens (including phenoxy) is 3. The van der Waals surface area contributed by atoms with Gasteiger partial charge in [-0.3, -0.25) is 0 Å². The first-order valence-corrected chi connectivity index (χ1v) is 10.2. The minimum atomic E-state index is -4.47. The molecule has 0 amide bonds. The molecule has 33 heavy (non-hydrogen) atoms. The van der Waals surface area contributed by atoms with Gasteiger partial charge in [-0.05, 0) is 54.9 Å². The Labute approximate surface area is 189 Å². The molecule has 0 saturated carbocycles. The predicted molar refractivity (Wildman–Crippen MR) is 117 cm³/mol. The maximum atomic E-state index is 12.7. The van der Waals surface area contributed by atoms with Gasteiger partial charge in [0.1, 0.15) is 30.0 Å². The van der Waals surface area contributed by atoms with Crippen molar-refractivity contribution in [2.75, 3.05) is 33.9 Å². The number of H-pyrrole nitrogens is 1. The molecule has 3 N–H and O–H groups in total. The first kappa shape index (κ1) is 24.4. The average molecular weight is 465 g/mol. The zero-order valence-corrected chi connectivity index (χ0v) is 18.3. The fourth-order valence-corrected chi connectivity index (χ4v) is 3.11. The number of benzene rings is 2. The molecule has 10 heteroatoms. The molecule has 0 fully saturated rings. The van der Waals surface area contributed by atoms with Crippen molar-refractivity contribution in [3.8, 4) is 28.6 Å². The number of nitrogens with zero attached hydrogens (tertiary/aromatic N) is 1. The maximum absolute atomic E-state index is 12.7. The number of imidazole rings is 1. The smallest absolute Gasteiger partial charge is 0.432 e. The van der Waals surface area contributed by atoms with E-state index in [1.54, 1.807) is 38.5 Å². The third kappa shape index (κ3) is 6.87. The summed E-state index contributed by atoms with van der Waals surface area (Å²) in [5.41, 5.74) is 0.666. The Morgan fingerprint density at radius 3 is 2.42 bits per heavy atom. The van der Waals surface area contributed by atoms with E-state index in [-0.39, 0.29) is 12.4 Å². The van der Waals surface area contributed by atoms with E-state index in [0.29, 0.717) is 35.9 Å². The SMILES string of the molecule is COc1ccc(CCNCC(O)COc2ccc(-c3ncc(C(F)(F)F)[nH]3)cc2)cc1OC. The lowest BCUT2D eigenvalue weighted by molar-refractivity contribution is -0.140. The monoisotopic (exact) mass is 465 g/mol. The van der Waals surface area contributed by atoms with Crippen LogP contribution in [0.25, 0.3) is 11.4 Å². The van der Waals surface area contributed by atoms with Gasteiger partial charge in [0.15, 0.2) is 11.5 Å². The second kappa shape index (κ2) is 11.1. The average Bonchev–Trinajstić information content (AvgIpc) is 3.32. The Morgan fingerprint density at radius 2 is 1.79 bits per heavy atom. The highest BCUT2D eigenvalue weighted by atomic mass is 19.4. The van der Waals surface area contributed by atoms with Crippen molar-refractivity contribution in [1.29, 1.82) is 0 Å². The summed E-state index contributed by atoms with van der Waals surface area (Å²) in [5, 5.41) is 13.3. The zero-order valence-electron chi connectivity index (χ0n) is 18.3. The van der Waals surface area contributed by atoms with Crippen LogP contribution in [0.5, 0.6) is 17.2 Å². The number of aliphatic hydroxyl groups excluding tert-OH is 1. The molecule has 3 aromatic rings. The lowest BCUT2D eigenvalue weighted by atomic mass is 10.1. The quantitative estimate of drug-likeness (QED) is 0.375. The number of aromatic nitrogens is 2. The fourth-order valence-electron chi connectivity index (χ4n) is 3.11. The van der Waals surface area contributed by atoms with E-state index in [1.807, 2.05) is 18.2 Å². The zero-order chi connectivity index (χ0) is 23.8. The summed E-state index contributed by atoms with van der Waals surface area (Å²) in [6, 6.07) is 12.1. The molecule has 3 rings (SSSR count). The van der Waals surface area contributed by atoms with Crippen molar-refractivity contribution in [3.05, 3.63) is 59.9 Å². The van der Waals surface area contributed by atoms with Crippen LogP contribution < -0.4 is 19.5 Å². The minimum absolute atomic E-state index is 0.0711. The Kier molecular flexibility index (Phi) is 8.18. The van der Waals surface area contributed by atoms with Gasteiger partial charge < -0.3 is 29.6 Å². The van der Waals surface area contributed by atoms with Gasteiger partial charge in [0.2, 0.25) is 0 Å². The molecule has 1 heterocycles. The van der Waals surface area contributed by atoms with Gasteiger partial charge in [-0.15, -0.1) is 0 Å². The first-order chi connectivity index (χ1) is 15.8. The maximum Gasteiger partial charge on any atom is 0.432 e. The minimum Gasteiger partial charge on any atom is -0.493 e. The van der Waals surface area contributed by atoms with Crippen LogP contribution in [0.15, 0.2) is 48.7 Å². The molecular weight excluding hydrogens is 439 g/mol. The summed E-state index contributed by atoms with van der Waals surface area (Å²) < 4.78 is 54.1. The highest BCUT2D eigenvalue weighted by Gasteiger charge is 2.33. The normalized spacial score (nSPS) is 12.4. The third-order valence-electron chi connectivity index (χ3n) is 4.87. The van der Waals surface area contributed by atoms with E-state index in [9.17, 15) is 18.3 Å². The van der Waals surface area contributed by atoms with Crippen LogP contribution in [-0.2, 0) is 12.6 Å². The summed E-state index contributed by atoms with van der Waals surface area (Å²) in [4.78, 5) is 6.01. The van der Waals surface area contributed by atoms with Gasteiger partial charge in [-0.2, -0.15) is 13.2 Å². The predicted octanol–water partition coefficient (Wildman–Crippen LogP) is 3.68. The van der Waals surface area contributed by atoms with E-state index in [0.717, 1.165) is 18.2 Å². The Hall–Kier alpha value is -3.24. The van der Waals surface area contributed by atoms with Crippen LogP contribution in [0.2, 0.25) is 0 Å². The summed E-state index contributed by atoms with van der Waals surface area (Å²) in [5.74, 6) is 1.95. The molecule has 7 nitrogen and oxygen atoms in total. The second-order valence-corrected chi connectivity index (χ2v) is 7.28. The van der Waals surface area contributed by atoms with E-state index in [1.165, 1.54) is 0 Å². The Balaban J connectivity index is 1.40. The van der Waals surface area contributed by atoms with Crippen molar-refractivity contribution in [1.82, 2.24) is 15.3 Å². The molecule has 0 saturated heterocycles. The number of nitrogens with one attached hydrogen (secondary N) is 2. The van der Waals surface area contributed by atoms with E-state index in [4.69, 9.17) is 14.2 Å². The fraction of sp³-hybridized carbons (Fsp3) is 0.348. The van der Waals surface area contributed by atoms with Crippen LogP contribution in [-0.4, -0.2) is 55.1 Å². The molecular formula is C23H26F3N3O4. The van der Waals surface area contributed by atoms with Crippen LogP contribution >= 0.6 is 0 Å². The van der Waals surface area contributed by atoms with Crippen molar-refractivity contribution in [3.63, 3.8) is 0 Å². The van der Waals surface area contributed by atoms with Crippen molar-refractivity contribution >= 4 is 0 Å². The van der Waals surface area contributed by atoms with Gasteiger partial charge >= 0.3 is 6.18 Å². The molecule has 2 aromatic carbocycles. The molecule has 0 aliphatic heterocycles. The van der Waals surface area contributed by atoms with Crippen molar-refractivity contribution in [2.45, 2.75) is 18.7 Å². The van der Waals surface area contributed by atoms with Gasteiger partial charge in [-0.1, -0.05) is 6.07 Å². The van der Waals surface area contributed by atoms with Crippen LogP contribution in [0, 0.1) is 0 Å². The number of hydrogen-bond donors (Lipinski definition) is 3. The van der Waals surface area contributed by atoms with Crippen molar-refractivity contribution < 1.29 is 32.5 Å². The van der Waals surface area contributed by atoms with E-state index in [2.05, 4.69) is 15.3 Å². The standard InChI is InChI=1S/C23H26F3N3O4/c1-31-19-8-3-15(11-20(19)32-2)9-10-27-12-17(30)14-33-18-6-4-16(5-7-18)22-28-13-21(29-22)23(24,25)26/h3-8,11,13,17,27,30H,9-10,12,14H2,1-2H3,(H,28,29). The van der Waals surface area contributed by atoms with Crippen molar-refractivity contribution in [2.24, 2.45) is 0 Å². The Morgan fingerprint density at radius 1 is 1.06 bits per heavy atom. The van der Waals surface area contributed by atoms with Gasteiger partial charge in [-0.25, -0.2) is 4.98 Å². The second-order valence-electron chi connectivity index (χ2n) is 7.28. The lowest BCUT2D eigenvalue weighted by Crippen LogP contribution is -2.32. The molecule has 0 bridgehead atoms. The summed E-state index contributed by atoms with van der Waals surface area (Å²) in [6.45, 7) is 1.07. The molecule has 1 atom stereocenters. The highest BCUT2D eigenvalue weighted by Crippen LogP contribution is 2.30. The van der Waals surface area contributed by atoms with E-state index < -0.39 is 18.0 Å².